The van der Waals surface area contributed by atoms with Gasteiger partial charge < -0.3 is 5.32 Å². The van der Waals surface area contributed by atoms with E-state index in [1.54, 1.807) is 12.4 Å². The monoisotopic (exact) mass is 201 g/mol. The maximum atomic E-state index is 4.09. The van der Waals surface area contributed by atoms with Gasteiger partial charge in [0.15, 0.2) is 0 Å². The number of aromatic nitrogens is 1. The molecule has 0 aliphatic carbocycles. The Morgan fingerprint density at radius 1 is 1.60 bits per heavy atom. The Morgan fingerprint density at radius 3 is 3.00 bits per heavy atom. The SMILES string of the molecule is C=C(C)/C=N\C(=C)NCc1cccnc1. The molecule has 0 spiro atoms. The van der Waals surface area contributed by atoms with Gasteiger partial charge in [-0.05, 0) is 24.1 Å². The van der Waals surface area contributed by atoms with Crippen LogP contribution in [-0.2, 0) is 6.54 Å². The van der Waals surface area contributed by atoms with E-state index in [0.717, 1.165) is 11.1 Å². The Hall–Kier alpha value is -1.90. The second-order valence-electron chi connectivity index (χ2n) is 3.27. The highest BCUT2D eigenvalue weighted by Crippen LogP contribution is 1.97. The van der Waals surface area contributed by atoms with E-state index in [0.29, 0.717) is 12.4 Å². The lowest BCUT2D eigenvalue weighted by atomic mass is 10.3. The van der Waals surface area contributed by atoms with Gasteiger partial charge in [0, 0.05) is 25.2 Å². The van der Waals surface area contributed by atoms with E-state index in [2.05, 4.69) is 28.5 Å². The summed E-state index contributed by atoms with van der Waals surface area (Å²) in [5.74, 6) is 0.627. The summed E-state index contributed by atoms with van der Waals surface area (Å²) in [6.07, 6.45) is 5.23. The highest BCUT2D eigenvalue weighted by molar-refractivity contribution is 5.77. The van der Waals surface area contributed by atoms with Crippen molar-refractivity contribution in [3.8, 4) is 0 Å². The van der Waals surface area contributed by atoms with E-state index in [9.17, 15) is 0 Å². The summed E-state index contributed by atoms with van der Waals surface area (Å²) in [5.41, 5.74) is 2.00. The van der Waals surface area contributed by atoms with Gasteiger partial charge in [-0.1, -0.05) is 19.2 Å². The minimum absolute atomic E-state index is 0.627. The van der Waals surface area contributed by atoms with Crippen molar-refractivity contribution in [3.63, 3.8) is 0 Å². The molecule has 0 saturated carbocycles. The van der Waals surface area contributed by atoms with E-state index in [4.69, 9.17) is 0 Å². The number of rotatable bonds is 5. The van der Waals surface area contributed by atoms with Crippen molar-refractivity contribution >= 4 is 6.21 Å². The second kappa shape index (κ2) is 5.75. The average Bonchev–Trinajstić information content (AvgIpc) is 2.25. The molecule has 0 aliphatic heterocycles. The van der Waals surface area contributed by atoms with Crippen molar-refractivity contribution in [1.82, 2.24) is 10.3 Å². The van der Waals surface area contributed by atoms with Gasteiger partial charge in [-0.15, -0.1) is 0 Å². The van der Waals surface area contributed by atoms with Crippen LogP contribution >= 0.6 is 0 Å². The second-order valence-corrected chi connectivity index (χ2v) is 3.27. The zero-order valence-electron chi connectivity index (χ0n) is 8.90. The molecule has 78 valence electrons. The van der Waals surface area contributed by atoms with Crippen molar-refractivity contribution in [2.24, 2.45) is 4.99 Å². The fourth-order valence-corrected chi connectivity index (χ4v) is 0.941. The number of allylic oxidation sites excluding steroid dienone is 1. The van der Waals surface area contributed by atoms with Crippen molar-refractivity contribution < 1.29 is 0 Å². The Bertz CT molecular complexity index is 366. The van der Waals surface area contributed by atoms with E-state index in [-0.39, 0.29) is 0 Å². The van der Waals surface area contributed by atoms with Crippen LogP contribution in [0.25, 0.3) is 0 Å². The van der Waals surface area contributed by atoms with Crippen LogP contribution in [0.3, 0.4) is 0 Å². The van der Waals surface area contributed by atoms with E-state index < -0.39 is 0 Å². The fraction of sp³-hybridized carbons (Fsp3) is 0.167. The third-order valence-corrected chi connectivity index (χ3v) is 1.66. The zero-order valence-corrected chi connectivity index (χ0v) is 8.90. The molecular formula is C12H15N3. The largest absolute Gasteiger partial charge is 0.366 e. The van der Waals surface area contributed by atoms with Crippen LogP contribution in [0.15, 0.2) is 54.1 Å². The molecule has 0 atom stereocenters. The Balaban J connectivity index is 2.38. The summed E-state index contributed by atoms with van der Waals surface area (Å²) >= 11 is 0. The van der Waals surface area contributed by atoms with Gasteiger partial charge in [-0.2, -0.15) is 0 Å². The molecule has 0 bridgehead atoms. The van der Waals surface area contributed by atoms with Crippen LogP contribution < -0.4 is 5.32 Å². The molecule has 1 aromatic heterocycles. The summed E-state index contributed by atoms with van der Waals surface area (Å²) in [7, 11) is 0. The number of nitrogens with zero attached hydrogens (tertiary/aromatic N) is 2. The minimum atomic E-state index is 0.627. The lowest BCUT2D eigenvalue weighted by Crippen LogP contribution is -2.10. The van der Waals surface area contributed by atoms with E-state index in [1.807, 2.05) is 25.3 Å². The Kier molecular flexibility index (Phi) is 4.29. The molecule has 3 heteroatoms. The molecule has 0 radical (unpaired) electrons. The summed E-state index contributed by atoms with van der Waals surface area (Å²) in [5, 5.41) is 3.08. The summed E-state index contributed by atoms with van der Waals surface area (Å²) in [6.45, 7) is 10.1. The topological polar surface area (TPSA) is 37.3 Å². The number of hydrogen-bond donors (Lipinski definition) is 1. The van der Waals surface area contributed by atoms with Crippen LogP contribution in [0.4, 0.5) is 0 Å². The van der Waals surface area contributed by atoms with Crippen LogP contribution in [0, 0.1) is 0 Å². The van der Waals surface area contributed by atoms with Crippen LogP contribution in [0.5, 0.6) is 0 Å². The highest BCUT2D eigenvalue weighted by Gasteiger charge is 1.91. The van der Waals surface area contributed by atoms with E-state index >= 15 is 0 Å². The molecule has 1 N–H and O–H groups in total. The number of hydrogen-bond acceptors (Lipinski definition) is 3. The first-order valence-electron chi connectivity index (χ1n) is 4.70. The number of nitrogens with one attached hydrogen (secondary N) is 1. The maximum absolute atomic E-state index is 4.09. The lowest BCUT2D eigenvalue weighted by Gasteiger charge is -2.04. The van der Waals surface area contributed by atoms with Crippen LogP contribution in [-0.4, -0.2) is 11.2 Å². The normalized spacial score (nSPS) is 10.2. The van der Waals surface area contributed by atoms with Crippen molar-refractivity contribution in [2.75, 3.05) is 0 Å². The average molecular weight is 201 g/mol. The molecular weight excluding hydrogens is 186 g/mol. The van der Waals surface area contributed by atoms with Gasteiger partial charge in [0.1, 0.15) is 5.82 Å². The maximum Gasteiger partial charge on any atom is 0.118 e. The van der Waals surface area contributed by atoms with Gasteiger partial charge in [-0.25, -0.2) is 4.99 Å². The standard InChI is InChI=1S/C12H15N3/c1-10(2)7-14-11(3)15-9-12-5-4-6-13-8-12/h4-8,15H,1,3,9H2,2H3/b14-7-. The highest BCUT2D eigenvalue weighted by atomic mass is 15.0. The van der Waals surface area contributed by atoms with Crippen molar-refractivity contribution in [1.29, 1.82) is 0 Å². The molecule has 0 aliphatic rings. The summed E-state index contributed by atoms with van der Waals surface area (Å²) in [4.78, 5) is 8.10. The smallest absolute Gasteiger partial charge is 0.118 e. The number of pyridine rings is 1. The van der Waals surface area contributed by atoms with Gasteiger partial charge in [-0.3, -0.25) is 4.98 Å². The molecule has 0 unspecified atom stereocenters. The van der Waals surface area contributed by atoms with Crippen molar-refractivity contribution in [3.05, 3.63) is 54.6 Å². The first-order chi connectivity index (χ1) is 7.18. The molecule has 0 amide bonds. The Morgan fingerprint density at radius 2 is 2.40 bits per heavy atom. The van der Waals surface area contributed by atoms with Gasteiger partial charge in [0.2, 0.25) is 0 Å². The Labute approximate surface area is 90.3 Å². The summed E-state index contributed by atoms with van der Waals surface area (Å²) < 4.78 is 0. The summed E-state index contributed by atoms with van der Waals surface area (Å²) in [6, 6.07) is 3.90. The van der Waals surface area contributed by atoms with Crippen LogP contribution in [0.2, 0.25) is 0 Å². The first kappa shape index (κ1) is 11.2. The minimum Gasteiger partial charge on any atom is -0.366 e. The van der Waals surface area contributed by atoms with E-state index in [1.165, 1.54) is 0 Å². The predicted molar refractivity (Wildman–Crippen MR) is 63.5 cm³/mol. The molecule has 1 rings (SSSR count). The third kappa shape index (κ3) is 4.76. The molecule has 1 heterocycles. The molecule has 0 saturated heterocycles. The third-order valence-electron chi connectivity index (χ3n) is 1.66. The number of aliphatic imine (C=N–C) groups is 1. The molecule has 0 aromatic carbocycles. The predicted octanol–water partition coefficient (Wildman–Crippen LogP) is 2.29. The van der Waals surface area contributed by atoms with Gasteiger partial charge in [0.05, 0.1) is 0 Å². The quantitative estimate of drug-likeness (QED) is 0.742. The van der Waals surface area contributed by atoms with Gasteiger partial charge in [0.25, 0.3) is 0 Å². The molecule has 3 nitrogen and oxygen atoms in total. The zero-order chi connectivity index (χ0) is 11.1. The lowest BCUT2D eigenvalue weighted by molar-refractivity contribution is 0.802. The molecule has 1 aromatic rings. The fourth-order valence-electron chi connectivity index (χ4n) is 0.941. The molecule has 15 heavy (non-hydrogen) atoms. The molecule has 0 fully saturated rings. The first-order valence-corrected chi connectivity index (χ1v) is 4.70. The van der Waals surface area contributed by atoms with Gasteiger partial charge >= 0.3 is 0 Å². The van der Waals surface area contributed by atoms with Crippen LogP contribution in [0.1, 0.15) is 12.5 Å². The van der Waals surface area contributed by atoms with Crippen molar-refractivity contribution in [2.45, 2.75) is 13.5 Å².